The van der Waals surface area contributed by atoms with Crippen LogP contribution in [0.4, 0.5) is 0 Å². The van der Waals surface area contributed by atoms with E-state index in [1.807, 2.05) is 0 Å². The third kappa shape index (κ3) is 9.07. The van der Waals surface area contributed by atoms with Crippen molar-refractivity contribution in [2.24, 2.45) is 0 Å². The minimum Gasteiger partial charge on any atom is -0.463 e. The van der Waals surface area contributed by atoms with Crippen LogP contribution in [0.5, 0.6) is 0 Å². The van der Waals surface area contributed by atoms with Crippen LogP contribution in [-0.4, -0.2) is 67.2 Å². The second-order valence-corrected chi connectivity index (χ2v) is 9.45. The fourth-order valence-electron chi connectivity index (χ4n) is 2.76. The highest BCUT2D eigenvalue weighted by Gasteiger charge is 2.19. The number of carbonyl (C=O) groups excluding carboxylic acids is 3. The molecule has 0 fully saturated rings. The van der Waals surface area contributed by atoms with E-state index < -0.39 is 50.7 Å². The zero-order valence-corrected chi connectivity index (χ0v) is 23.1. The average Bonchev–Trinajstić information content (AvgIpc) is 2.87. The summed E-state index contributed by atoms with van der Waals surface area (Å²) in [4.78, 5) is 74.3. The van der Waals surface area contributed by atoms with Gasteiger partial charge in [0, 0.05) is 0 Å². The minimum absolute atomic E-state index is 0.317. The van der Waals surface area contributed by atoms with Gasteiger partial charge in [-0.05, 0) is 19.3 Å². The van der Waals surface area contributed by atoms with Crippen molar-refractivity contribution in [3.8, 4) is 0 Å². The molecule has 3 atom stereocenters. The molecule has 3 unspecified atom stereocenters. The lowest BCUT2D eigenvalue weighted by atomic mass is 10.3. The third-order valence-corrected chi connectivity index (χ3v) is 6.77. The molecule has 1 heterocycles. The molecule has 0 bridgehead atoms. The monoisotopic (exact) mass is 567 g/mol. The van der Waals surface area contributed by atoms with Crippen LogP contribution in [0.15, 0.2) is 14.4 Å². The molecule has 0 aliphatic carbocycles. The van der Waals surface area contributed by atoms with Gasteiger partial charge >= 0.3 is 35.0 Å². The van der Waals surface area contributed by atoms with Gasteiger partial charge in [0.15, 0.2) is 0 Å². The molecule has 0 amide bonds. The first kappa shape index (κ1) is 31.9. The van der Waals surface area contributed by atoms with E-state index in [0.29, 0.717) is 19.3 Å². The fraction of sp³-hybridized carbons (Fsp3) is 0.714. The summed E-state index contributed by atoms with van der Waals surface area (Å²) in [7, 11) is 0. The molecular formula is C21H33N3O9S3. The number of thiol groups is 3. The summed E-state index contributed by atoms with van der Waals surface area (Å²) in [5.74, 6) is -1.84. The van der Waals surface area contributed by atoms with E-state index in [1.54, 1.807) is 20.8 Å². The number of carbonyl (C=O) groups is 3. The van der Waals surface area contributed by atoms with Gasteiger partial charge in [-0.1, -0.05) is 20.8 Å². The van der Waals surface area contributed by atoms with E-state index in [0.717, 1.165) is 13.7 Å². The number of aromatic nitrogens is 3. The summed E-state index contributed by atoms with van der Waals surface area (Å²) in [6.45, 7) is 3.26. The standard InChI is InChI=1S/C21H33N3O9S3/c1-4-13(34)16(25)31-10-7-22-19(28)23(8-11-32-17(26)14(35)5-2)21(30)24(20(22)29)9-12-33-18(27)15(36)6-3/h13-15,34-36H,4-12H2,1-3H3. The third-order valence-electron chi connectivity index (χ3n) is 5.04. The zero-order valence-electron chi connectivity index (χ0n) is 20.5. The number of hydrogen-bond acceptors (Lipinski definition) is 12. The summed E-state index contributed by atoms with van der Waals surface area (Å²) in [5, 5.41) is -1.97. The largest absolute Gasteiger partial charge is 0.463 e. The Morgan fingerprint density at radius 2 is 0.806 bits per heavy atom. The van der Waals surface area contributed by atoms with Gasteiger partial charge in [-0.2, -0.15) is 37.9 Å². The second kappa shape index (κ2) is 15.9. The SMILES string of the molecule is CCC(S)C(=O)OCCn1c(=O)n(CCOC(=O)C(S)CC)c(=O)n(CCOC(=O)C(S)CC)c1=O. The first-order valence-corrected chi connectivity index (χ1v) is 13.0. The Hall–Kier alpha value is -2.13. The molecule has 36 heavy (non-hydrogen) atoms. The van der Waals surface area contributed by atoms with Crippen molar-refractivity contribution in [1.29, 1.82) is 0 Å². The molecule has 0 radical (unpaired) electrons. The van der Waals surface area contributed by atoms with Crippen molar-refractivity contribution in [2.75, 3.05) is 19.8 Å². The predicted octanol–water partition coefficient (Wildman–Crippen LogP) is -0.0735. The van der Waals surface area contributed by atoms with E-state index in [1.165, 1.54) is 0 Å². The number of nitrogens with zero attached hydrogens (tertiary/aromatic N) is 3. The van der Waals surface area contributed by atoms with Gasteiger partial charge in [0.2, 0.25) is 0 Å². The van der Waals surface area contributed by atoms with Crippen LogP contribution in [0.25, 0.3) is 0 Å². The van der Waals surface area contributed by atoms with Crippen molar-refractivity contribution >= 4 is 55.8 Å². The van der Waals surface area contributed by atoms with Gasteiger partial charge in [-0.25, -0.2) is 28.1 Å². The van der Waals surface area contributed by atoms with E-state index >= 15 is 0 Å². The molecule has 0 aliphatic rings. The molecule has 1 aromatic rings. The lowest BCUT2D eigenvalue weighted by Crippen LogP contribution is -2.55. The Morgan fingerprint density at radius 3 is 1.00 bits per heavy atom. The molecule has 1 aromatic heterocycles. The summed E-state index contributed by atoms with van der Waals surface area (Å²) in [6.07, 6.45) is 1.27. The molecule has 0 saturated heterocycles. The zero-order chi connectivity index (χ0) is 27.4. The maximum atomic E-state index is 12.9. The normalized spacial score (nSPS) is 13.5. The van der Waals surface area contributed by atoms with Crippen LogP contribution < -0.4 is 17.1 Å². The molecule has 12 nitrogen and oxygen atoms in total. The molecule has 1 rings (SSSR count). The lowest BCUT2D eigenvalue weighted by Gasteiger charge is -2.15. The minimum atomic E-state index is -0.970. The van der Waals surface area contributed by atoms with Crippen LogP contribution in [0, 0.1) is 0 Å². The van der Waals surface area contributed by atoms with E-state index in [9.17, 15) is 28.8 Å². The van der Waals surface area contributed by atoms with Gasteiger partial charge in [0.25, 0.3) is 0 Å². The van der Waals surface area contributed by atoms with E-state index in [-0.39, 0.29) is 39.5 Å². The van der Waals surface area contributed by atoms with Gasteiger partial charge in [-0.15, -0.1) is 0 Å². The first-order valence-electron chi connectivity index (χ1n) is 11.5. The van der Waals surface area contributed by atoms with E-state index in [4.69, 9.17) is 14.2 Å². The maximum absolute atomic E-state index is 12.9. The molecule has 0 N–H and O–H groups in total. The van der Waals surface area contributed by atoms with Gasteiger partial charge < -0.3 is 14.2 Å². The molecule has 15 heteroatoms. The molecule has 204 valence electrons. The summed E-state index contributed by atoms with van der Waals surface area (Å²) in [6, 6.07) is 0. The molecule has 0 saturated carbocycles. The topological polar surface area (TPSA) is 145 Å². The fourth-order valence-corrected chi connectivity index (χ4v) is 2.98. The van der Waals surface area contributed by atoms with Crippen molar-refractivity contribution in [3.63, 3.8) is 0 Å². The summed E-state index contributed by atoms with van der Waals surface area (Å²) in [5.41, 5.74) is -2.91. The lowest BCUT2D eigenvalue weighted by molar-refractivity contribution is -0.144. The Bertz CT molecular complexity index is 920. The Labute approximate surface area is 224 Å². The second-order valence-electron chi connectivity index (χ2n) is 7.58. The number of ether oxygens (including phenoxy) is 3. The van der Waals surface area contributed by atoms with Crippen LogP contribution >= 0.6 is 37.9 Å². The highest BCUT2D eigenvalue weighted by molar-refractivity contribution is 7.82. The van der Waals surface area contributed by atoms with Crippen LogP contribution in [-0.2, 0) is 48.2 Å². The highest BCUT2D eigenvalue weighted by atomic mass is 32.1. The first-order chi connectivity index (χ1) is 17.0. The van der Waals surface area contributed by atoms with E-state index in [2.05, 4.69) is 37.9 Å². The maximum Gasteiger partial charge on any atom is 0.336 e. The Kier molecular flexibility index (Phi) is 14.1. The summed E-state index contributed by atoms with van der Waals surface area (Å²) < 4.78 is 17.3. The van der Waals surface area contributed by atoms with Crippen LogP contribution in [0.1, 0.15) is 40.0 Å². The molecular weight excluding hydrogens is 534 g/mol. The highest BCUT2D eigenvalue weighted by Crippen LogP contribution is 2.04. The number of rotatable bonds is 15. The molecule has 0 aliphatic heterocycles. The van der Waals surface area contributed by atoms with Crippen molar-refractivity contribution in [1.82, 2.24) is 13.7 Å². The predicted molar refractivity (Wildman–Crippen MR) is 141 cm³/mol. The van der Waals surface area contributed by atoms with Gasteiger partial charge in [-0.3, -0.25) is 14.4 Å². The number of hydrogen-bond donors (Lipinski definition) is 3. The van der Waals surface area contributed by atoms with Gasteiger partial charge in [0.1, 0.15) is 19.8 Å². The Balaban J connectivity index is 3.19. The number of esters is 3. The quantitative estimate of drug-likeness (QED) is 0.151. The van der Waals surface area contributed by atoms with Crippen molar-refractivity contribution < 1.29 is 28.6 Å². The van der Waals surface area contributed by atoms with Crippen LogP contribution in [0.3, 0.4) is 0 Å². The van der Waals surface area contributed by atoms with Crippen molar-refractivity contribution in [2.45, 2.75) is 75.4 Å². The van der Waals surface area contributed by atoms with Crippen molar-refractivity contribution in [3.05, 3.63) is 31.5 Å². The summed E-state index contributed by atoms with van der Waals surface area (Å²) >= 11 is 12.2. The molecule has 0 aromatic carbocycles. The Morgan fingerprint density at radius 1 is 0.583 bits per heavy atom. The van der Waals surface area contributed by atoms with Gasteiger partial charge in [0.05, 0.1) is 35.4 Å². The van der Waals surface area contributed by atoms with Crippen LogP contribution in [0.2, 0.25) is 0 Å². The smallest absolute Gasteiger partial charge is 0.336 e. The average molecular weight is 568 g/mol. The molecule has 0 spiro atoms.